The SMILES string of the molecule is CC(O)CCN(C)C(=O)c1ccc(/C=C/C(=O)O)s1. The standard InChI is InChI=1S/C13H17NO4S/c1-9(15)7-8-14(2)13(18)11-5-3-10(19-11)4-6-12(16)17/h3-6,9,15H,7-8H2,1-2H3,(H,16,17)/b6-4+. The molecule has 0 radical (unpaired) electrons. The van der Waals surface area contributed by atoms with E-state index in [1.807, 2.05) is 0 Å². The van der Waals surface area contributed by atoms with E-state index in [4.69, 9.17) is 5.11 Å². The molecule has 1 aromatic rings. The van der Waals surface area contributed by atoms with Crippen LogP contribution in [0.4, 0.5) is 0 Å². The first kappa shape index (κ1) is 15.4. The molecule has 5 nitrogen and oxygen atoms in total. The van der Waals surface area contributed by atoms with Crippen molar-refractivity contribution in [3.05, 3.63) is 28.0 Å². The van der Waals surface area contributed by atoms with Crippen LogP contribution in [0.25, 0.3) is 6.08 Å². The molecule has 1 aromatic heterocycles. The van der Waals surface area contributed by atoms with Crippen LogP contribution in [-0.2, 0) is 4.79 Å². The van der Waals surface area contributed by atoms with Gasteiger partial charge in [0.25, 0.3) is 5.91 Å². The fourth-order valence-electron chi connectivity index (χ4n) is 1.38. The number of thiophene rings is 1. The van der Waals surface area contributed by atoms with E-state index in [0.29, 0.717) is 17.8 Å². The minimum atomic E-state index is -1.02. The van der Waals surface area contributed by atoms with Gasteiger partial charge in [0.05, 0.1) is 11.0 Å². The normalized spacial score (nSPS) is 12.6. The van der Waals surface area contributed by atoms with Crippen LogP contribution in [0.1, 0.15) is 27.9 Å². The average Bonchev–Trinajstić information content (AvgIpc) is 2.81. The fraction of sp³-hybridized carbons (Fsp3) is 0.385. The summed E-state index contributed by atoms with van der Waals surface area (Å²) in [6.45, 7) is 2.16. The third-order valence-corrected chi connectivity index (χ3v) is 3.50. The number of aliphatic hydroxyl groups is 1. The van der Waals surface area contributed by atoms with Crippen LogP contribution < -0.4 is 0 Å². The second-order valence-electron chi connectivity index (χ2n) is 4.24. The van der Waals surface area contributed by atoms with Gasteiger partial charge < -0.3 is 15.1 Å². The maximum atomic E-state index is 12.0. The van der Waals surface area contributed by atoms with E-state index in [0.717, 1.165) is 11.0 Å². The number of aliphatic carboxylic acids is 1. The number of amides is 1. The molecule has 6 heteroatoms. The molecule has 2 N–H and O–H groups in total. The largest absolute Gasteiger partial charge is 0.478 e. The zero-order chi connectivity index (χ0) is 14.4. The highest BCUT2D eigenvalue weighted by molar-refractivity contribution is 7.14. The summed E-state index contributed by atoms with van der Waals surface area (Å²) >= 11 is 1.24. The predicted octanol–water partition coefficient (Wildman–Crippen LogP) is 1.69. The Hall–Kier alpha value is -1.66. The molecule has 0 saturated carbocycles. The summed E-state index contributed by atoms with van der Waals surface area (Å²) in [5.41, 5.74) is 0. The zero-order valence-electron chi connectivity index (χ0n) is 10.9. The molecule has 0 aliphatic carbocycles. The van der Waals surface area contributed by atoms with Gasteiger partial charge in [-0.3, -0.25) is 4.79 Å². The molecule has 104 valence electrons. The Morgan fingerprint density at radius 1 is 1.47 bits per heavy atom. The Kier molecular flexibility index (Phi) is 5.72. The Bertz CT molecular complexity index is 479. The second-order valence-corrected chi connectivity index (χ2v) is 5.35. The third kappa shape index (κ3) is 5.23. The molecule has 0 aromatic carbocycles. The number of carbonyl (C=O) groups is 2. The number of carboxylic acid groups (broad SMARTS) is 1. The summed E-state index contributed by atoms with van der Waals surface area (Å²) in [6.07, 6.45) is 2.59. The van der Waals surface area contributed by atoms with Crippen molar-refractivity contribution in [1.82, 2.24) is 4.90 Å². The first-order chi connectivity index (χ1) is 8.90. The van der Waals surface area contributed by atoms with Gasteiger partial charge in [-0.25, -0.2) is 4.79 Å². The first-order valence-corrected chi connectivity index (χ1v) is 6.66. The van der Waals surface area contributed by atoms with Crippen LogP contribution in [-0.4, -0.2) is 46.7 Å². The maximum absolute atomic E-state index is 12.0. The lowest BCUT2D eigenvalue weighted by Gasteiger charge is -2.16. The van der Waals surface area contributed by atoms with Gasteiger partial charge in [0.2, 0.25) is 0 Å². The first-order valence-electron chi connectivity index (χ1n) is 5.84. The van der Waals surface area contributed by atoms with Crippen molar-refractivity contribution in [3.8, 4) is 0 Å². The lowest BCUT2D eigenvalue weighted by atomic mass is 10.2. The van der Waals surface area contributed by atoms with E-state index >= 15 is 0 Å². The maximum Gasteiger partial charge on any atom is 0.328 e. The number of hydrogen-bond acceptors (Lipinski definition) is 4. The van der Waals surface area contributed by atoms with Crippen molar-refractivity contribution in [1.29, 1.82) is 0 Å². The number of carbonyl (C=O) groups excluding carboxylic acids is 1. The Labute approximate surface area is 115 Å². The van der Waals surface area contributed by atoms with Gasteiger partial charge in [-0.1, -0.05) is 0 Å². The van der Waals surface area contributed by atoms with E-state index in [2.05, 4.69) is 0 Å². The number of carboxylic acids is 1. The minimum Gasteiger partial charge on any atom is -0.478 e. The molecule has 0 spiro atoms. The molecular formula is C13H17NO4S. The predicted molar refractivity (Wildman–Crippen MR) is 74.2 cm³/mol. The molecule has 0 bridgehead atoms. The van der Waals surface area contributed by atoms with Gasteiger partial charge in [0, 0.05) is 24.5 Å². The van der Waals surface area contributed by atoms with Crippen molar-refractivity contribution in [2.24, 2.45) is 0 Å². The van der Waals surface area contributed by atoms with Crippen LogP contribution in [0.2, 0.25) is 0 Å². The fourth-order valence-corrected chi connectivity index (χ4v) is 2.29. The summed E-state index contributed by atoms with van der Waals surface area (Å²) in [7, 11) is 1.68. The smallest absolute Gasteiger partial charge is 0.328 e. The van der Waals surface area contributed by atoms with Crippen LogP contribution in [0.15, 0.2) is 18.2 Å². The minimum absolute atomic E-state index is 0.124. The number of rotatable bonds is 6. The zero-order valence-corrected chi connectivity index (χ0v) is 11.7. The third-order valence-electron chi connectivity index (χ3n) is 2.46. The summed E-state index contributed by atoms with van der Waals surface area (Å²) in [5.74, 6) is -1.14. The highest BCUT2D eigenvalue weighted by atomic mass is 32.1. The van der Waals surface area contributed by atoms with Gasteiger partial charge in [0.15, 0.2) is 0 Å². The van der Waals surface area contributed by atoms with Crippen LogP contribution >= 0.6 is 11.3 Å². The van der Waals surface area contributed by atoms with Crippen molar-refractivity contribution in [2.45, 2.75) is 19.4 Å². The second kappa shape index (κ2) is 7.06. The Morgan fingerprint density at radius 3 is 2.74 bits per heavy atom. The quantitative estimate of drug-likeness (QED) is 0.779. The van der Waals surface area contributed by atoms with E-state index in [-0.39, 0.29) is 5.91 Å². The monoisotopic (exact) mass is 283 g/mol. The van der Waals surface area contributed by atoms with Crippen molar-refractivity contribution in [2.75, 3.05) is 13.6 Å². The van der Waals surface area contributed by atoms with E-state index < -0.39 is 12.1 Å². The molecule has 1 unspecified atom stereocenters. The molecule has 1 amide bonds. The lowest BCUT2D eigenvalue weighted by Crippen LogP contribution is -2.28. The van der Waals surface area contributed by atoms with Crippen LogP contribution in [0.3, 0.4) is 0 Å². The van der Waals surface area contributed by atoms with E-state index in [9.17, 15) is 14.7 Å². The number of aliphatic hydroxyl groups excluding tert-OH is 1. The molecule has 0 saturated heterocycles. The van der Waals surface area contributed by atoms with Gasteiger partial charge in [-0.2, -0.15) is 0 Å². The van der Waals surface area contributed by atoms with Crippen molar-refractivity contribution in [3.63, 3.8) is 0 Å². The molecule has 1 atom stereocenters. The number of hydrogen-bond donors (Lipinski definition) is 2. The molecule has 1 heterocycles. The summed E-state index contributed by atoms with van der Waals surface area (Å²) in [6, 6.07) is 3.38. The van der Waals surface area contributed by atoms with E-state index in [1.54, 1.807) is 31.0 Å². The highest BCUT2D eigenvalue weighted by Crippen LogP contribution is 2.19. The molecule has 1 rings (SSSR count). The van der Waals surface area contributed by atoms with Crippen molar-refractivity contribution < 1.29 is 19.8 Å². The highest BCUT2D eigenvalue weighted by Gasteiger charge is 2.14. The lowest BCUT2D eigenvalue weighted by molar-refractivity contribution is -0.131. The van der Waals surface area contributed by atoms with Crippen LogP contribution in [0, 0.1) is 0 Å². The summed E-state index contributed by atoms with van der Waals surface area (Å²) in [4.78, 5) is 25.2. The molecule has 0 aliphatic rings. The summed E-state index contributed by atoms with van der Waals surface area (Å²) in [5, 5.41) is 17.7. The molecular weight excluding hydrogens is 266 g/mol. The van der Waals surface area contributed by atoms with Gasteiger partial charge >= 0.3 is 5.97 Å². The van der Waals surface area contributed by atoms with E-state index in [1.165, 1.54) is 17.4 Å². The Balaban J connectivity index is 2.65. The topological polar surface area (TPSA) is 77.8 Å². The average molecular weight is 283 g/mol. The van der Waals surface area contributed by atoms with Gasteiger partial charge in [-0.05, 0) is 31.6 Å². The van der Waals surface area contributed by atoms with Gasteiger partial charge in [-0.15, -0.1) is 11.3 Å². The van der Waals surface area contributed by atoms with Crippen molar-refractivity contribution >= 4 is 29.3 Å². The summed E-state index contributed by atoms with van der Waals surface area (Å²) < 4.78 is 0. The molecule has 19 heavy (non-hydrogen) atoms. The molecule has 0 aliphatic heterocycles. The van der Waals surface area contributed by atoms with Crippen LogP contribution in [0.5, 0.6) is 0 Å². The Morgan fingerprint density at radius 2 is 2.16 bits per heavy atom. The molecule has 0 fully saturated rings. The number of nitrogens with zero attached hydrogens (tertiary/aromatic N) is 1. The van der Waals surface area contributed by atoms with Gasteiger partial charge in [0.1, 0.15) is 0 Å².